The minimum atomic E-state index is 0.157. The average molecular weight is 208 g/mol. The highest BCUT2D eigenvalue weighted by atomic mass is 16.3. The molecule has 3 nitrogen and oxygen atoms in total. The van der Waals surface area contributed by atoms with E-state index in [4.69, 9.17) is 5.11 Å². The summed E-state index contributed by atoms with van der Waals surface area (Å²) in [5.41, 5.74) is 2.43. The van der Waals surface area contributed by atoms with E-state index >= 15 is 0 Å². The lowest BCUT2D eigenvalue weighted by Gasteiger charge is -2.20. The number of aliphatic hydroxyl groups excluding tert-OH is 1. The molecule has 84 valence electrons. The zero-order chi connectivity index (χ0) is 11.3. The zero-order valence-electron chi connectivity index (χ0n) is 9.70. The first kappa shape index (κ1) is 12.1. The van der Waals surface area contributed by atoms with Gasteiger partial charge < -0.3 is 10.4 Å². The number of nitrogens with one attached hydrogen (secondary N) is 1. The molecule has 15 heavy (non-hydrogen) atoms. The van der Waals surface area contributed by atoms with Crippen LogP contribution in [0, 0.1) is 12.8 Å². The second-order valence-corrected chi connectivity index (χ2v) is 4.22. The predicted molar refractivity (Wildman–Crippen MR) is 61.5 cm³/mol. The Labute approximate surface area is 91.5 Å². The molecule has 1 aromatic rings. The molecule has 0 saturated carbocycles. The smallest absolute Gasteiger partial charge is 0.0587 e. The van der Waals surface area contributed by atoms with Crippen molar-refractivity contribution in [2.24, 2.45) is 5.92 Å². The van der Waals surface area contributed by atoms with E-state index < -0.39 is 0 Å². The molecule has 0 fully saturated rings. The lowest BCUT2D eigenvalue weighted by molar-refractivity contribution is 0.210. The summed E-state index contributed by atoms with van der Waals surface area (Å²) < 4.78 is 0. The van der Waals surface area contributed by atoms with Gasteiger partial charge in [-0.25, -0.2) is 0 Å². The van der Waals surface area contributed by atoms with Crippen molar-refractivity contribution in [3.8, 4) is 0 Å². The maximum Gasteiger partial charge on any atom is 0.0587 e. The van der Waals surface area contributed by atoms with E-state index in [-0.39, 0.29) is 12.6 Å². The molecule has 0 saturated heterocycles. The molecule has 0 unspecified atom stereocenters. The van der Waals surface area contributed by atoms with Crippen LogP contribution in [0.2, 0.25) is 0 Å². The Morgan fingerprint density at radius 2 is 2.20 bits per heavy atom. The number of aromatic nitrogens is 1. The number of hydrogen-bond donors (Lipinski definition) is 2. The number of aryl methyl sites for hydroxylation is 1. The van der Waals surface area contributed by atoms with E-state index in [1.54, 1.807) is 6.20 Å². The monoisotopic (exact) mass is 208 g/mol. The van der Waals surface area contributed by atoms with E-state index in [0.29, 0.717) is 5.92 Å². The van der Waals surface area contributed by atoms with Crippen molar-refractivity contribution < 1.29 is 5.11 Å². The van der Waals surface area contributed by atoms with E-state index in [2.05, 4.69) is 31.1 Å². The van der Waals surface area contributed by atoms with Gasteiger partial charge in [-0.2, -0.15) is 0 Å². The van der Waals surface area contributed by atoms with Gasteiger partial charge in [0, 0.05) is 25.0 Å². The first-order chi connectivity index (χ1) is 7.15. The summed E-state index contributed by atoms with van der Waals surface area (Å²) in [6.07, 6.45) is 3.67. The standard InChI is InChI=1S/C12H20N2O/c1-9(2)12(8-15)14-7-11-6-13-5-4-10(11)3/h4-6,9,12,14-15H,7-8H2,1-3H3/t12-/m1/s1. The third kappa shape index (κ3) is 3.61. The van der Waals surface area contributed by atoms with Crippen LogP contribution in [0.15, 0.2) is 18.5 Å². The van der Waals surface area contributed by atoms with Crippen LogP contribution in [0.1, 0.15) is 25.0 Å². The normalized spacial score (nSPS) is 13.1. The maximum absolute atomic E-state index is 9.17. The Kier molecular flexibility index (Phi) is 4.72. The number of nitrogens with zero attached hydrogens (tertiary/aromatic N) is 1. The lowest BCUT2D eigenvalue weighted by Crippen LogP contribution is -2.36. The van der Waals surface area contributed by atoms with Gasteiger partial charge >= 0.3 is 0 Å². The van der Waals surface area contributed by atoms with Crippen LogP contribution in [0.4, 0.5) is 0 Å². The molecule has 1 atom stereocenters. The highest BCUT2D eigenvalue weighted by molar-refractivity contribution is 5.21. The van der Waals surface area contributed by atoms with Gasteiger partial charge in [0.25, 0.3) is 0 Å². The van der Waals surface area contributed by atoms with Crippen LogP contribution < -0.4 is 5.32 Å². The number of pyridine rings is 1. The van der Waals surface area contributed by atoms with Crippen molar-refractivity contribution >= 4 is 0 Å². The van der Waals surface area contributed by atoms with Crippen LogP contribution in [-0.2, 0) is 6.54 Å². The van der Waals surface area contributed by atoms with Gasteiger partial charge in [0.05, 0.1) is 6.61 Å². The second kappa shape index (κ2) is 5.83. The first-order valence-corrected chi connectivity index (χ1v) is 5.39. The predicted octanol–water partition coefficient (Wildman–Crippen LogP) is 1.50. The van der Waals surface area contributed by atoms with Gasteiger partial charge in [-0.15, -0.1) is 0 Å². The number of hydrogen-bond acceptors (Lipinski definition) is 3. The van der Waals surface area contributed by atoms with Gasteiger partial charge in [-0.1, -0.05) is 13.8 Å². The van der Waals surface area contributed by atoms with E-state index in [9.17, 15) is 0 Å². The summed E-state index contributed by atoms with van der Waals surface area (Å²) in [5.74, 6) is 0.437. The number of aliphatic hydroxyl groups is 1. The summed E-state index contributed by atoms with van der Waals surface area (Å²) in [5, 5.41) is 12.5. The summed E-state index contributed by atoms with van der Waals surface area (Å²) in [7, 11) is 0. The highest BCUT2D eigenvalue weighted by Gasteiger charge is 2.11. The topological polar surface area (TPSA) is 45.2 Å². The Balaban J connectivity index is 2.53. The number of rotatable bonds is 5. The molecule has 0 aliphatic rings. The lowest BCUT2D eigenvalue weighted by atomic mass is 10.0. The van der Waals surface area contributed by atoms with E-state index in [0.717, 1.165) is 6.54 Å². The van der Waals surface area contributed by atoms with Crippen molar-refractivity contribution in [2.45, 2.75) is 33.4 Å². The van der Waals surface area contributed by atoms with Crippen molar-refractivity contribution in [1.82, 2.24) is 10.3 Å². The summed E-state index contributed by atoms with van der Waals surface area (Å²) >= 11 is 0. The second-order valence-electron chi connectivity index (χ2n) is 4.22. The molecule has 0 amide bonds. The minimum Gasteiger partial charge on any atom is -0.395 e. The molecule has 0 aliphatic carbocycles. The van der Waals surface area contributed by atoms with Crippen molar-refractivity contribution in [3.63, 3.8) is 0 Å². The van der Waals surface area contributed by atoms with Gasteiger partial charge in [0.1, 0.15) is 0 Å². The largest absolute Gasteiger partial charge is 0.395 e. The zero-order valence-corrected chi connectivity index (χ0v) is 9.70. The van der Waals surface area contributed by atoms with E-state index in [1.165, 1.54) is 11.1 Å². The molecule has 3 heteroatoms. The molecule has 1 rings (SSSR count). The van der Waals surface area contributed by atoms with Gasteiger partial charge in [0.15, 0.2) is 0 Å². The van der Waals surface area contributed by atoms with Crippen LogP contribution >= 0.6 is 0 Å². The van der Waals surface area contributed by atoms with Crippen molar-refractivity contribution in [3.05, 3.63) is 29.6 Å². The fourth-order valence-corrected chi connectivity index (χ4v) is 1.43. The van der Waals surface area contributed by atoms with Crippen LogP contribution in [0.25, 0.3) is 0 Å². The molecule has 0 spiro atoms. The average Bonchev–Trinajstić information content (AvgIpc) is 2.21. The Bertz CT molecular complexity index is 299. The highest BCUT2D eigenvalue weighted by Crippen LogP contribution is 2.06. The molecular weight excluding hydrogens is 188 g/mol. The van der Waals surface area contributed by atoms with Gasteiger partial charge in [-0.3, -0.25) is 4.98 Å². The molecule has 0 bridgehead atoms. The molecule has 1 aromatic heterocycles. The summed E-state index contributed by atoms with van der Waals surface area (Å²) in [4.78, 5) is 4.09. The molecule has 2 N–H and O–H groups in total. The minimum absolute atomic E-state index is 0.157. The fraction of sp³-hybridized carbons (Fsp3) is 0.583. The first-order valence-electron chi connectivity index (χ1n) is 5.39. The summed E-state index contributed by atoms with van der Waals surface area (Å²) in [6.45, 7) is 7.22. The van der Waals surface area contributed by atoms with Gasteiger partial charge in [0.2, 0.25) is 0 Å². The molecular formula is C12H20N2O. The molecule has 0 aromatic carbocycles. The van der Waals surface area contributed by atoms with Crippen molar-refractivity contribution in [1.29, 1.82) is 0 Å². The Morgan fingerprint density at radius 1 is 1.47 bits per heavy atom. The summed E-state index contributed by atoms with van der Waals surface area (Å²) in [6, 6.07) is 2.16. The third-order valence-electron chi connectivity index (χ3n) is 2.70. The molecule has 0 aliphatic heterocycles. The van der Waals surface area contributed by atoms with E-state index in [1.807, 2.05) is 12.3 Å². The third-order valence-corrected chi connectivity index (χ3v) is 2.70. The molecule has 0 radical (unpaired) electrons. The Morgan fingerprint density at radius 3 is 2.73 bits per heavy atom. The SMILES string of the molecule is Cc1ccncc1CN[C@H](CO)C(C)C. The van der Waals surface area contributed by atoms with Crippen LogP contribution in [-0.4, -0.2) is 22.7 Å². The maximum atomic E-state index is 9.17. The van der Waals surface area contributed by atoms with Crippen LogP contribution in [0.5, 0.6) is 0 Å². The Hall–Kier alpha value is -0.930. The fourth-order valence-electron chi connectivity index (χ4n) is 1.43. The molecule has 1 heterocycles. The van der Waals surface area contributed by atoms with Gasteiger partial charge in [-0.05, 0) is 30.0 Å². The van der Waals surface area contributed by atoms with Crippen molar-refractivity contribution in [2.75, 3.05) is 6.61 Å². The quantitative estimate of drug-likeness (QED) is 0.770. The van der Waals surface area contributed by atoms with Crippen LogP contribution in [0.3, 0.4) is 0 Å².